The number of carboxylic acid groups (broad SMARTS) is 1. The van der Waals surface area contributed by atoms with Crippen LogP contribution in [0.25, 0.3) is 0 Å². The number of nitrogens with one attached hydrogen (secondary N) is 1. The van der Waals surface area contributed by atoms with Gasteiger partial charge in [-0.15, -0.1) is 0 Å². The number of aromatic nitrogens is 1. The predicted octanol–water partition coefficient (Wildman–Crippen LogP) is 1.03. The highest BCUT2D eigenvalue weighted by molar-refractivity contribution is 5.71. The van der Waals surface area contributed by atoms with Gasteiger partial charge in [-0.1, -0.05) is 6.07 Å². The van der Waals surface area contributed by atoms with Gasteiger partial charge < -0.3 is 10.4 Å². The van der Waals surface area contributed by atoms with Crippen LogP contribution in [0.3, 0.4) is 0 Å². The molecule has 0 aromatic carbocycles. The maximum Gasteiger partial charge on any atom is 0.306 e. The van der Waals surface area contributed by atoms with E-state index in [1.54, 1.807) is 6.20 Å². The second-order valence-corrected chi connectivity index (χ2v) is 3.95. The molecule has 4 nitrogen and oxygen atoms in total. The first-order chi connectivity index (χ1) is 7.25. The smallest absolute Gasteiger partial charge is 0.306 e. The lowest BCUT2D eigenvalue weighted by atomic mass is 9.80. The van der Waals surface area contributed by atoms with Crippen molar-refractivity contribution in [1.82, 2.24) is 10.3 Å². The first-order valence-corrected chi connectivity index (χ1v) is 5.11. The first kappa shape index (κ1) is 10.1. The normalized spacial score (nSPS) is 24.5. The van der Waals surface area contributed by atoms with Gasteiger partial charge in [0.2, 0.25) is 0 Å². The molecule has 1 aromatic rings. The summed E-state index contributed by atoms with van der Waals surface area (Å²) < 4.78 is 0. The number of carbonyl (C=O) groups is 1. The Labute approximate surface area is 88.3 Å². The van der Waals surface area contributed by atoms with Crippen molar-refractivity contribution >= 4 is 5.97 Å². The van der Waals surface area contributed by atoms with E-state index < -0.39 is 5.97 Å². The lowest BCUT2D eigenvalue weighted by Gasteiger charge is -2.33. The second-order valence-electron chi connectivity index (χ2n) is 3.95. The Morgan fingerprint density at radius 2 is 2.40 bits per heavy atom. The van der Waals surface area contributed by atoms with Gasteiger partial charge in [0, 0.05) is 25.0 Å². The van der Waals surface area contributed by atoms with Crippen LogP contribution in [-0.4, -0.2) is 22.1 Å². The molecule has 0 aliphatic heterocycles. The number of hydrogen-bond acceptors (Lipinski definition) is 3. The van der Waals surface area contributed by atoms with Crippen molar-refractivity contribution < 1.29 is 9.90 Å². The Morgan fingerprint density at radius 1 is 1.60 bits per heavy atom. The number of rotatable bonds is 4. The van der Waals surface area contributed by atoms with E-state index in [0.717, 1.165) is 24.9 Å². The molecule has 0 unspecified atom stereocenters. The van der Waals surface area contributed by atoms with Gasteiger partial charge in [-0.05, 0) is 24.5 Å². The van der Waals surface area contributed by atoms with E-state index in [4.69, 9.17) is 5.11 Å². The molecule has 0 saturated heterocycles. The van der Waals surface area contributed by atoms with Crippen molar-refractivity contribution in [2.24, 2.45) is 5.92 Å². The van der Waals surface area contributed by atoms with Gasteiger partial charge in [0.25, 0.3) is 0 Å². The number of hydrogen-bond donors (Lipinski definition) is 2. The molecule has 2 rings (SSSR count). The summed E-state index contributed by atoms with van der Waals surface area (Å²) in [5.41, 5.74) is 1.14. The van der Waals surface area contributed by atoms with Crippen LogP contribution in [-0.2, 0) is 11.3 Å². The van der Waals surface area contributed by atoms with Gasteiger partial charge in [0.05, 0.1) is 5.92 Å². The number of nitrogens with zero attached hydrogens (tertiary/aromatic N) is 1. The van der Waals surface area contributed by atoms with E-state index in [9.17, 15) is 4.79 Å². The molecule has 1 heterocycles. The Kier molecular flexibility index (Phi) is 2.97. The van der Waals surface area contributed by atoms with Crippen LogP contribution in [0.1, 0.15) is 18.4 Å². The first-order valence-electron chi connectivity index (χ1n) is 5.11. The van der Waals surface area contributed by atoms with Gasteiger partial charge in [-0.25, -0.2) is 0 Å². The van der Waals surface area contributed by atoms with Gasteiger partial charge in [0.1, 0.15) is 0 Å². The lowest BCUT2D eigenvalue weighted by molar-refractivity contribution is -0.145. The summed E-state index contributed by atoms with van der Waals surface area (Å²) in [4.78, 5) is 14.6. The minimum Gasteiger partial charge on any atom is -0.481 e. The lowest BCUT2D eigenvalue weighted by Crippen LogP contribution is -2.43. The minimum atomic E-state index is -0.672. The van der Waals surface area contributed by atoms with E-state index in [0.29, 0.717) is 6.04 Å². The van der Waals surface area contributed by atoms with Crippen LogP contribution < -0.4 is 5.32 Å². The highest BCUT2D eigenvalue weighted by Gasteiger charge is 2.33. The van der Waals surface area contributed by atoms with Crippen molar-refractivity contribution in [2.45, 2.75) is 25.4 Å². The summed E-state index contributed by atoms with van der Waals surface area (Å²) in [5.74, 6) is -0.814. The molecule has 1 aliphatic carbocycles. The molecule has 1 fully saturated rings. The Balaban J connectivity index is 1.71. The van der Waals surface area contributed by atoms with Gasteiger partial charge in [-0.2, -0.15) is 0 Å². The van der Waals surface area contributed by atoms with E-state index in [-0.39, 0.29) is 5.92 Å². The zero-order chi connectivity index (χ0) is 10.7. The Hall–Kier alpha value is -1.42. The predicted molar refractivity (Wildman–Crippen MR) is 55.2 cm³/mol. The number of carboxylic acids is 1. The molecule has 0 bridgehead atoms. The zero-order valence-corrected chi connectivity index (χ0v) is 8.39. The monoisotopic (exact) mass is 206 g/mol. The average Bonchev–Trinajstić information content (AvgIpc) is 2.16. The third kappa shape index (κ3) is 2.53. The van der Waals surface area contributed by atoms with Crippen LogP contribution in [0, 0.1) is 5.92 Å². The molecule has 0 radical (unpaired) electrons. The Morgan fingerprint density at radius 3 is 3.00 bits per heavy atom. The minimum absolute atomic E-state index is 0.142. The molecule has 1 saturated carbocycles. The molecule has 1 aromatic heterocycles. The molecular weight excluding hydrogens is 192 g/mol. The molecule has 4 heteroatoms. The molecular formula is C11H14N2O2. The highest BCUT2D eigenvalue weighted by atomic mass is 16.4. The van der Waals surface area contributed by atoms with Crippen molar-refractivity contribution in [3.63, 3.8) is 0 Å². The molecule has 0 amide bonds. The zero-order valence-electron chi connectivity index (χ0n) is 8.39. The molecule has 0 atom stereocenters. The third-order valence-electron chi connectivity index (χ3n) is 2.80. The highest BCUT2D eigenvalue weighted by Crippen LogP contribution is 2.27. The summed E-state index contributed by atoms with van der Waals surface area (Å²) in [7, 11) is 0. The molecule has 15 heavy (non-hydrogen) atoms. The van der Waals surface area contributed by atoms with Crippen molar-refractivity contribution in [3.05, 3.63) is 30.1 Å². The standard InChI is InChI=1S/C11H14N2O2/c14-11(15)9-4-10(5-9)13-7-8-2-1-3-12-6-8/h1-3,6,9-10,13H,4-5,7H2,(H,14,15). The van der Waals surface area contributed by atoms with Crippen LogP contribution in [0.4, 0.5) is 0 Å². The van der Waals surface area contributed by atoms with Crippen molar-refractivity contribution in [1.29, 1.82) is 0 Å². The van der Waals surface area contributed by atoms with Crippen molar-refractivity contribution in [2.75, 3.05) is 0 Å². The summed E-state index contributed by atoms with van der Waals surface area (Å²) in [6, 6.07) is 4.26. The second kappa shape index (κ2) is 4.40. The Bertz CT molecular complexity index is 334. The van der Waals surface area contributed by atoms with Crippen LogP contribution >= 0.6 is 0 Å². The molecule has 0 spiro atoms. The van der Waals surface area contributed by atoms with E-state index in [1.807, 2.05) is 18.3 Å². The van der Waals surface area contributed by atoms with Crippen LogP contribution in [0.2, 0.25) is 0 Å². The third-order valence-corrected chi connectivity index (χ3v) is 2.80. The number of aliphatic carboxylic acids is 1. The topological polar surface area (TPSA) is 62.2 Å². The quantitative estimate of drug-likeness (QED) is 0.772. The van der Waals surface area contributed by atoms with E-state index >= 15 is 0 Å². The van der Waals surface area contributed by atoms with E-state index in [2.05, 4.69) is 10.3 Å². The summed E-state index contributed by atoms with van der Waals surface area (Å²) in [6.07, 6.45) is 5.05. The van der Waals surface area contributed by atoms with E-state index in [1.165, 1.54) is 0 Å². The fraction of sp³-hybridized carbons (Fsp3) is 0.455. The largest absolute Gasteiger partial charge is 0.481 e. The van der Waals surface area contributed by atoms with Gasteiger partial charge >= 0.3 is 5.97 Å². The summed E-state index contributed by atoms with van der Waals surface area (Å²) in [6.45, 7) is 0.769. The molecule has 80 valence electrons. The molecule has 1 aliphatic rings. The fourth-order valence-electron chi connectivity index (χ4n) is 1.75. The maximum atomic E-state index is 10.6. The SMILES string of the molecule is O=C(O)C1CC(NCc2cccnc2)C1. The van der Waals surface area contributed by atoms with Gasteiger partial charge in [0.15, 0.2) is 0 Å². The number of pyridine rings is 1. The summed E-state index contributed by atoms with van der Waals surface area (Å²) in [5, 5.41) is 12.0. The van der Waals surface area contributed by atoms with Crippen molar-refractivity contribution in [3.8, 4) is 0 Å². The maximum absolute atomic E-state index is 10.6. The average molecular weight is 206 g/mol. The summed E-state index contributed by atoms with van der Waals surface area (Å²) >= 11 is 0. The van der Waals surface area contributed by atoms with Crippen LogP contribution in [0.15, 0.2) is 24.5 Å². The van der Waals surface area contributed by atoms with Gasteiger partial charge in [-0.3, -0.25) is 9.78 Å². The fourth-order valence-corrected chi connectivity index (χ4v) is 1.75. The van der Waals surface area contributed by atoms with Crippen LogP contribution in [0.5, 0.6) is 0 Å². The molecule has 2 N–H and O–H groups in total.